The van der Waals surface area contributed by atoms with E-state index in [9.17, 15) is 4.79 Å². The molecule has 3 nitrogen and oxygen atoms in total. The molecule has 0 radical (unpaired) electrons. The molecule has 2 rings (SSSR count). The molecular weight excluding hydrogens is 260 g/mol. The Hall–Kier alpha value is -1.35. The molecule has 1 amide bonds. The van der Waals surface area contributed by atoms with Gasteiger partial charge in [0, 0.05) is 19.0 Å². The Labute approximate surface area is 128 Å². The van der Waals surface area contributed by atoms with E-state index in [4.69, 9.17) is 5.73 Å². The van der Waals surface area contributed by atoms with E-state index in [-0.39, 0.29) is 11.9 Å². The van der Waals surface area contributed by atoms with E-state index >= 15 is 0 Å². The zero-order valence-electron chi connectivity index (χ0n) is 13.1. The van der Waals surface area contributed by atoms with E-state index in [2.05, 4.69) is 12.2 Å². The largest absolute Gasteiger partial charge is 0.356 e. The molecule has 0 spiro atoms. The fraction of sp³-hybridized carbons (Fsp3) is 0.611. The van der Waals surface area contributed by atoms with Gasteiger partial charge in [-0.15, -0.1) is 0 Å². The molecule has 3 atom stereocenters. The van der Waals surface area contributed by atoms with E-state index in [0.29, 0.717) is 18.8 Å². The Morgan fingerprint density at radius 3 is 2.81 bits per heavy atom. The lowest BCUT2D eigenvalue weighted by molar-refractivity contribution is -0.121. The molecule has 1 aromatic carbocycles. The first-order valence-corrected chi connectivity index (χ1v) is 8.22. The van der Waals surface area contributed by atoms with Crippen molar-refractivity contribution in [3.63, 3.8) is 0 Å². The Morgan fingerprint density at radius 2 is 2.10 bits per heavy atom. The second-order valence-electron chi connectivity index (χ2n) is 6.50. The van der Waals surface area contributed by atoms with E-state index in [1.54, 1.807) is 0 Å². The Morgan fingerprint density at radius 1 is 1.33 bits per heavy atom. The van der Waals surface area contributed by atoms with Gasteiger partial charge >= 0.3 is 0 Å². The average molecular weight is 288 g/mol. The molecule has 3 unspecified atom stereocenters. The first-order valence-electron chi connectivity index (χ1n) is 8.22. The summed E-state index contributed by atoms with van der Waals surface area (Å²) in [6, 6.07) is 9.94. The molecule has 3 heteroatoms. The topological polar surface area (TPSA) is 55.1 Å². The third-order valence-corrected chi connectivity index (χ3v) is 4.54. The molecule has 0 bridgehead atoms. The van der Waals surface area contributed by atoms with Crippen LogP contribution in [0.1, 0.15) is 57.1 Å². The second-order valence-corrected chi connectivity index (χ2v) is 6.50. The zero-order valence-corrected chi connectivity index (χ0v) is 13.1. The van der Waals surface area contributed by atoms with E-state index in [1.807, 2.05) is 30.3 Å². The van der Waals surface area contributed by atoms with Gasteiger partial charge in [-0.25, -0.2) is 0 Å². The number of carbonyl (C=O) groups is 1. The van der Waals surface area contributed by atoms with Crippen LogP contribution in [0.15, 0.2) is 30.3 Å². The molecule has 0 aromatic heterocycles. The standard InChI is InChI=1S/C18H28N2O/c1-14-6-5-7-15(12-14)13-20-18(21)11-10-17(19)16-8-3-2-4-9-16/h2-4,8-9,14-15,17H,5-7,10-13,19H2,1H3,(H,20,21). The minimum Gasteiger partial charge on any atom is -0.356 e. The van der Waals surface area contributed by atoms with Crippen LogP contribution in [0.5, 0.6) is 0 Å². The second kappa shape index (κ2) is 8.18. The minimum atomic E-state index is -0.0494. The third kappa shape index (κ3) is 5.50. The number of carbonyl (C=O) groups excluding carboxylic acids is 1. The molecule has 1 aliphatic carbocycles. The predicted molar refractivity (Wildman–Crippen MR) is 86.7 cm³/mol. The molecule has 3 N–H and O–H groups in total. The summed E-state index contributed by atoms with van der Waals surface area (Å²) in [6.45, 7) is 3.15. The highest BCUT2D eigenvalue weighted by Crippen LogP contribution is 2.27. The van der Waals surface area contributed by atoms with Gasteiger partial charge < -0.3 is 11.1 Å². The van der Waals surface area contributed by atoms with Crippen LogP contribution in [0, 0.1) is 11.8 Å². The van der Waals surface area contributed by atoms with Crippen LogP contribution in [0.4, 0.5) is 0 Å². The van der Waals surface area contributed by atoms with Crippen molar-refractivity contribution >= 4 is 5.91 Å². The minimum absolute atomic E-state index is 0.0494. The van der Waals surface area contributed by atoms with Gasteiger partial charge in [-0.05, 0) is 36.7 Å². The van der Waals surface area contributed by atoms with Gasteiger partial charge in [0.15, 0.2) is 0 Å². The number of benzene rings is 1. The van der Waals surface area contributed by atoms with Crippen LogP contribution in [-0.2, 0) is 4.79 Å². The maximum absolute atomic E-state index is 11.9. The van der Waals surface area contributed by atoms with Crippen molar-refractivity contribution in [2.75, 3.05) is 6.54 Å². The SMILES string of the molecule is CC1CCCC(CNC(=O)CCC(N)c2ccccc2)C1. The Kier molecular flexibility index (Phi) is 6.24. The van der Waals surface area contributed by atoms with Crippen molar-refractivity contribution in [1.29, 1.82) is 0 Å². The maximum atomic E-state index is 11.9. The first kappa shape index (κ1) is 16.0. The van der Waals surface area contributed by atoms with Crippen LogP contribution in [0.2, 0.25) is 0 Å². The fourth-order valence-electron chi connectivity index (χ4n) is 3.25. The number of amides is 1. The molecule has 1 aliphatic rings. The molecule has 1 fully saturated rings. The number of nitrogens with two attached hydrogens (primary N) is 1. The van der Waals surface area contributed by atoms with Crippen LogP contribution < -0.4 is 11.1 Å². The van der Waals surface area contributed by atoms with Crippen molar-refractivity contribution in [2.45, 2.75) is 51.5 Å². The molecule has 116 valence electrons. The van der Waals surface area contributed by atoms with Gasteiger partial charge in [0.25, 0.3) is 0 Å². The summed E-state index contributed by atoms with van der Waals surface area (Å²) in [5, 5.41) is 3.09. The van der Waals surface area contributed by atoms with Gasteiger partial charge in [-0.1, -0.05) is 50.1 Å². The molecule has 1 aromatic rings. The van der Waals surface area contributed by atoms with Crippen molar-refractivity contribution in [3.05, 3.63) is 35.9 Å². The lowest BCUT2D eigenvalue weighted by Crippen LogP contribution is -2.31. The van der Waals surface area contributed by atoms with Crippen LogP contribution >= 0.6 is 0 Å². The van der Waals surface area contributed by atoms with Crippen molar-refractivity contribution in [2.24, 2.45) is 17.6 Å². The third-order valence-electron chi connectivity index (χ3n) is 4.54. The molecule has 0 saturated heterocycles. The van der Waals surface area contributed by atoms with Gasteiger partial charge in [0.1, 0.15) is 0 Å². The summed E-state index contributed by atoms with van der Waals surface area (Å²) in [6.07, 6.45) is 6.38. The average Bonchev–Trinajstić information content (AvgIpc) is 2.51. The predicted octanol–water partition coefficient (Wildman–Crippen LogP) is 3.41. The summed E-state index contributed by atoms with van der Waals surface area (Å²) < 4.78 is 0. The zero-order chi connectivity index (χ0) is 15.1. The maximum Gasteiger partial charge on any atom is 0.220 e. The van der Waals surface area contributed by atoms with E-state index in [1.165, 1.54) is 25.7 Å². The highest BCUT2D eigenvalue weighted by molar-refractivity contribution is 5.75. The van der Waals surface area contributed by atoms with E-state index in [0.717, 1.165) is 18.0 Å². The number of nitrogens with one attached hydrogen (secondary N) is 1. The number of hydrogen-bond acceptors (Lipinski definition) is 2. The Bertz CT molecular complexity index is 432. The molecule has 1 saturated carbocycles. The van der Waals surface area contributed by atoms with Crippen LogP contribution in [-0.4, -0.2) is 12.5 Å². The van der Waals surface area contributed by atoms with Crippen LogP contribution in [0.25, 0.3) is 0 Å². The summed E-state index contributed by atoms with van der Waals surface area (Å²) in [5.41, 5.74) is 7.22. The lowest BCUT2D eigenvalue weighted by Gasteiger charge is -2.26. The van der Waals surface area contributed by atoms with Crippen LogP contribution in [0.3, 0.4) is 0 Å². The van der Waals surface area contributed by atoms with Gasteiger partial charge in [-0.3, -0.25) is 4.79 Å². The highest BCUT2D eigenvalue weighted by Gasteiger charge is 2.19. The molecule has 0 heterocycles. The summed E-state index contributed by atoms with van der Waals surface area (Å²) in [7, 11) is 0. The molecule has 0 aliphatic heterocycles. The Balaban J connectivity index is 1.65. The summed E-state index contributed by atoms with van der Waals surface area (Å²) in [4.78, 5) is 11.9. The highest BCUT2D eigenvalue weighted by atomic mass is 16.1. The van der Waals surface area contributed by atoms with Gasteiger partial charge in [0.05, 0.1) is 0 Å². The monoisotopic (exact) mass is 288 g/mol. The summed E-state index contributed by atoms with van der Waals surface area (Å²) in [5.74, 6) is 1.62. The number of rotatable bonds is 6. The quantitative estimate of drug-likeness (QED) is 0.843. The lowest BCUT2D eigenvalue weighted by atomic mass is 9.82. The normalized spacial score (nSPS) is 23.5. The smallest absolute Gasteiger partial charge is 0.220 e. The molecular formula is C18H28N2O. The fourth-order valence-corrected chi connectivity index (χ4v) is 3.25. The van der Waals surface area contributed by atoms with Gasteiger partial charge in [0.2, 0.25) is 5.91 Å². The van der Waals surface area contributed by atoms with Gasteiger partial charge in [-0.2, -0.15) is 0 Å². The van der Waals surface area contributed by atoms with E-state index < -0.39 is 0 Å². The first-order chi connectivity index (χ1) is 10.1. The van der Waals surface area contributed by atoms with Crippen molar-refractivity contribution in [3.8, 4) is 0 Å². The number of hydrogen-bond donors (Lipinski definition) is 2. The molecule has 21 heavy (non-hydrogen) atoms. The summed E-state index contributed by atoms with van der Waals surface area (Å²) >= 11 is 0. The van der Waals surface area contributed by atoms with Crippen molar-refractivity contribution in [1.82, 2.24) is 5.32 Å². The van der Waals surface area contributed by atoms with Crippen molar-refractivity contribution < 1.29 is 4.79 Å².